The first-order valence-electron chi connectivity index (χ1n) is 12.9. The lowest BCUT2D eigenvalue weighted by molar-refractivity contribution is -0.117. The van der Waals surface area contributed by atoms with Crippen molar-refractivity contribution in [2.75, 3.05) is 17.2 Å². The van der Waals surface area contributed by atoms with E-state index in [9.17, 15) is 14.4 Å². The molecule has 1 atom stereocenters. The molecular formula is C25H34N4O4S3. The minimum atomic E-state index is -0.458. The third kappa shape index (κ3) is 7.07. The van der Waals surface area contributed by atoms with Crippen LogP contribution in [0.3, 0.4) is 0 Å². The Hall–Kier alpha value is -1.98. The number of carbonyl (C=O) groups excluding carboxylic acids is 3. The van der Waals surface area contributed by atoms with Crippen LogP contribution in [0.25, 0.3) is 0 Å². The van der Waals surface area contributed by atoms with Gasteiger partial charge in [0, 0.05) is 11.3 Å². The summed E-state index contributed by atoms with van der Waals surface area (Å²) in [5.74, 6) is -0.148. The number of aromatic nitrogens is 2. The van der Waals surface area contributed by atoms with Gasteiger partial charge in [0.25, 0.3) is 0 Å². The summed E-state index contributed by atoms with van der Waals surface area (Å²) in [6, 6.07) is 0. The van der Waals surface area contributed by atoms with Crippen LogP contribution in [0.2, 0.25) is 0 Å². The van der Waals surface area contributed by atoms with E-state index in [1.54, 1.807) is 13.8 Å². The summed E-state index contributed by atoms with van der Waals surface area (Å²) >= 11 is 4.05. The summed E-state index contributed by atoms with van der Waals surface area (Å²) in [7, 11) is 0. The van der Waals surface area contributed by atoms with Crippen molar-refractivity contribution in [3.8, 4) is 0 Å². The minimum absolute atomic E-state index is 0.0238. The fourth-order valence-corrected chi connectivity index (χ4v) is 7.99. The lowest BCUT2D eigenvalue weighted by Crippen LogP contribution is -2.23. The summed E-state index contributed by atoms with van der Waals surface area (Å²) < 4.78 is 5.92. The maximum atomic E-state index is 13.0. The molecule has 2 N–H and O–H groups in total. The van der Waals surface area contributed by atoms with Crippen molar-refractivity contribution in [1.82, 2.24) is 10.2 Å². The van der Waals surface area contributed by atoms with Crippen molar-refractivity contribution in [1.29, 1.82) is 0 Å². The zero-order valence-corrected chi connectivity index (χ0v) is 23.3. The van der Waals surface area contributed by atoms with Crippen molar-refractivity contribution >= 4 is 62.4 Å². The Bertz CT molecular complexity index is 1080. The molecule has 2 amide bonds. The third-order valence-electron chi connectivity index (χ3n) is 6.64. The second-order valence-electron chi connectivity index (χ2n) is 9.37. The van der Waals surface area contributed by atoms with Gasteiger partial charge in [-0.3, -0.25) is 9.59 Å². The van der Waals surface area contributed by atoms with Gasteiger partial charge in [-0.2, -0.15) is 0 Å². The van der Waals surface area contributed by atoms with E-state index >= 15 is 0 Å². The second-order valence-corrected chi connectivity index (χ2v) is 13.0. The van der Waals surface area contributed by atoms with Gasteiger partial charge >= 0.3 is 5.97 Å². The first-order valence-corrected chi connectivity index (χ1v) is 15.4. The van der Waals surface area contributed by atoms with Crippen molar-refractivity contribution in [3.05, 3.63) is 16.0 Å². The first kappa shape index (κ1) is 27.1. The fraction of sp³-hybridized carbons (Fsp3) is 0.640. The smallest absolute Gasteiger partial charge is 0.341 e. The SMILES string of the molecule is CCOC(=O)c1c(NC(=O)C(C)Sc2nnc(NC(=O)CC3CCCCC3)s2)sc2c1CCCCC2. The minimum Gasteiger partial charge on any atom is -0.462 e. The highest BCUT2D eigenvalue weighted by atomic mass is 32.2. The van der Waals surface area contributed by atoms with Gasteiger partial charge in [0.15, 0.2) is 4.34 Å². The van der Waals surface area contributed by atoms with Crippen molar-refractivity contribution in [3.63, 3.8) is 0 Å². The van der Waals surface area contributed by atoms with Crippen molar-refractivity contribution in [2.24, 2.45) is 5.92 Å². The highest BCUT2D eigenvalue weighted by Gasteiger charge is 2.28. The summed E-state index contributed by atoms with van der Waals surface area (Å²) in [6.07, 6.45) is 11.4. The van der Waals surface area contributed by atoms with E-state index in [0.29, 0.717) is 39.0 Å². The van der Waals surface area contributed by atoms with Gasteiger partial charge in [-0.05, 0) is 63.9 Å². The van der Waals surface area contributed by atoms with Gasteiger partial charge in [-0.25, -0.2) is 4.79 Å². The van der Waals surface area contributed by atoms with Crippen LogP contribution < -0.4 is 10.6 Å². The van der Waals surface area contributed by atoms with E-state index in [0.717, 1.165) is 50.5 Å². The average Bonchev–Trinajstić information content (AvgIpc) is 3.35. The number of aryl methyl sites for hydroxylation is 1. The maximum Gasteiger partial charge on any atom is 0.341 e. The molecule has 4 rings (SSSR count). The molecule has 196 valence electrons. The quantitative estimate of drug-likeness (QED) is 0.169. The molecule has 0 bridgehead atoms. The third-order valence-corrected chi connectivity index (χ3v) is 9.87. The van der Waals surface area contributed by atoms with E-state index in [1.165, 1.54) is 58.6 Å². The molecule has 0 aromatic carbocycles. The van der Waals surface area contributed by atoms with Gasteiger partial charge in [0.05, 0.1) is 17.4 Å². The molecule has 1 fully saturated rings. The van der Waals surface area contributed by atoms with Crippen LogP contribution >= 0.6 is 34.4 Å². The number of anilines is 2. The molecule has 0 aliphatic heterocycles. The Morgan fingerprint density at radius 3 is 2.56 bits per heavy atom. The Morgan fingerprint density at radius 2 is 1.78 bits per heavy atom. The van der Waals surface area contributed by atoms with Crippen LogP contribution in [-0.4, -0.2) is 39.8 Å². The van der Waals surface area contributed by atoms with Gasteiger partial charge in [0.2, 0.25) is 16.9 Å². The molecule has 2 aliphatic rings. The molecule has 0 spiro atoms. The van der Waals surface area contributed by atoms with Crippen molar-refractivity contribution in [2.45, 2.75) is 94.1 Å². The summed E-state index contributed by atoms with van der Waals surface area (Å²) in [5, 5.41) is 14.6. The zero-order valence-electron chi connectivity index (χ0n) is 20.9. The molecule has 2 aliphatic carbocycles. The molecular weight excluding hydrogens is 517 g/mol. The topological polar surface area (TPSA) is 110 Å². The van der Waals surface area contributed by atoms with E-state index < -0.39 is 5.25 Å². The predicted octanol–water partition coefficient (Wildman–Crippen LogP) is 6.07. The van der Waals surface area contributed by atoms with E-state index in [1.807, 2.05) is 0 Å². The summed E-state index contributed by atoms with van der Waals surface area (Å²) in [5.41, 5.74) is 1.55. The number of rotatable bonds is 9. The number of hydrogen-bond acceptors (Lipinski definition) is 9. The molecule has 0 saturated heterocycles. The molecule has 2 heterocycles. The van der Waals surface area contributed by atoms with Crippen LogP contribution in [-0.2, 0) is 27.2 Å². The van der Waals surface area contributed by atoms with Crippen LogP contribution in [0.1, 0.15) is 92.4 Å². The molecule has 1 saturated carbocycles. The lowest BCUT2D eigenvalue weighted by Gasteiger charge is -2.20. The van der Waals surface area contributed by atoms with Gasteiger partial charge in [-0.1, -0.05) is 48.8 Å². The van der Waals surface area contributed by atoms with Crippen molar-refractivity contribution < 1.29 is 19.1 Å². The number of hydrogen-bond donors (Lipinski definition) is 2. The second kappa shape index (κ2) is 13.0. The number of fused-ring (bicyclic) bond motifs is 1. The number of thioether (sulfide) groups is 1. The van der Waals surface area contributed by atoms with Crippen LogP contribution in [0.5, 0.6) is 0 Å². The van der Waals surface area contributed by atoms with Gasteiger partial charge in [0.1, 0.15) is 5.00 Å². The molecule has 8 nitrogen and oxygen atoms in total. The van der Waals surface area contributed by atoms with E-state index in [2.05, 4.69) is 20.8 Å². The number of thiophene rings is 1. The van der Waals surface area contributed by atoms with Crippen LogP contribution in [0.4, 0.5) is 10.1 Å². The lowest BCUT2D eigenvalue weighted by atomic mass is 9.87. The average molecular weight is 551 g/mol. The highest BCUT2D eigenvalue weighted by Crippen LogP contribution is 2.39. The Labute approximate surface area is 224 Å². The number of nitrogens with zero attached hydrogens (tertiary/aromatic N) is 2. The number of amides is 2. The molecule has 2 aromatic rings. The number of esters is 1. The number of nitrogens with one attached hydrogen (secondary N) is 2. The largest absolute Gasteiger partial charge is 0.462 e. The Kier molecular flexibility index (Phi) is 9.78. The number of carbonyl (C=O) groups is 3. The fourth-order valence-electron chi connectivity index (χ4n) is 4.80. The Balaban J connectivity index is 1.36. The molecule has 11 heteroatoms. The first-order chi connectivity index (χ1) is 17.4. The van der Waals surface area contributed by atoms with Crippen LogP contribution in [0, 0.1) is 5.92 Å². The maximum absolute atomic E-state index is 13.0. The molecule has 0 radical (unpaired) electrons. The van der Waals surface area contributed by atoms with Crippen LogP contribution in [0.15, 0.2) is 4.34 Å². The van der Waals surface area contributed by atoms with Gasteiger partial charge in [-0.15, -0.1) is 21.5 Å². The normalized spacial score (nSPS) is 17.1. The highest BCUT2D eigenvalue weighted by molar-refractivity contribution is 8.02. The molecule has 36 heavy (non-hydrogen) atoms. The molecule has 2 aromatic heterocycles. The predicted molar refractivity (Wildman–Crippen MR) is 145 cm³/mol. The van der Waals surface area contributed by atoms with E-state index in [-0.39, 0.29) is 17.8 Å². The number of ether oxygens (including phenoxy) is 1. The van der Waals surface area contributed by atoms with Gasteiger partial charge < -0.3 is 15.4 Å². The standard InChI is InChI=1S/C25H34N4O4S3/c1-3-33-23(32)20-17-12-8-5-9-13-18(17)35-22(20)27-21(31)15(2)34-25-29-28-24(36-25)26-19(30)14-16-10-6-4-7-11-16/h15-16H,3-14H2,1-2H3,(H,27,31)(H,26,28,30). The monoisotopic (exact) mass is 550 g/mol. The molecule has 1 unspecified atom stereocenters. The van der Waals surface area contributed by atoms with E-state index in [4.69, 9.17) is 4.74 Å². The summed E-state index contributed by atoms with van der Waals surface area (Å²) in [4.78, 5) is 39.3. The Morgan fingerprint density at radius 1 is 1.03 bits per heavy atom. The summed E-state index contributed by atoms with van der Waals surface area (Å²) in [6.45, 7) is 3.87. The zero-order chi connectivity index (χ0) is 25.5.